The highest BCUT2D eigenvalue weighted by Crippen LogP contribution is 2.29. The summed E-state index contributed by atoms with van der Waals surface area (Å²) in [4.78, 5) is 14.9. The van der Waals surface area contributed by atoms with Crippen molar-refractivity contribution in [2.24, 2.45) is 7.05 Å². The fourth-order valence-electron chi connectivity index (χ4n) is 3.83. The second-order valence-electron chi connectivity index (χ2n) is 6.84. The van der Waals surface area contributed by atoms with Gasteiger partial charge in [0, 0.05) is 18.3 Å². The first-order chi connectivity index (χ1) is 11.7. The minimum Gasteiger partial charge on any atom is -0.455 e. The van der Waals surface area contributed by atoms with Crippen LogP contribution in [0.15, 0.2) is 22.7 Å². The van der Waals surface area contributed by atoms with E-state index >= 15 is 0 Å². The van der Waals surface area contributed by atoms with Gasteiger partial charge in [-0.05, 0) is 57.3 Å². The molecule has 2 aromatic heterocycles. The zero-order chi connectivity index (χ0) is 16.5. The van der Waals surface area contributed by atoms with E-state index < -0.39 is 0 Å². The van der Waals surface area contributed by atoms with Crippen molar-refractivity contribution >= 4 is 5.91 Å². The van der Waals surface area contributed by atoms with E-state index in [1.165, 1.54) is 18.5 Å². The van der Waals surface area contributed by atoms with Crippen molar-refractivity contribution in [1.82, 2.24) is 20.0 Å². The molecule has 1 fully saturated rings. The third-order valence-corrected chi connectivity index (χ3v) is 5.14. The van der Waals surface area contributed by atoms with Crippen LogP contribution in [-0.4, -0.2) is 33.7 Å². The first kappa shape index (κ1) is 15.4. The summed E-state index contributed by atoms with van der Waals surface area (Å²) < 4.78 is 7.68. The maximum absolute atomic E-state index is 12.5. The highest BCUT2D eigenvalue weighted by molar-refractivity contribution is 5.91. The Balaban J connectivity index is 1.42. The highest BCUT2D eigenvalue weighted by Gasteiger charge is 2.26. The number of hydrogen-bond donors (Lipinski definition) is 1. The number of carbonyl (C=O) groups excluding carboxylic acids is 1. The van der Waals surface area contributed by atoms with Gasteiger partial charge >= 0.3 is 0 Å². The number of hydrogen-bond acceptors (Lipinski definition) is 4. The zero-order valence-corrected chi connectivity index (χ0v) is 14.1. The lowest BCUT2D eigenvalue weighted by atomic mass is 9.93. The lowest BCUT2D eigenvalue weighted by Gasteiger charge is -2.23. The van der Waals surface area contributed by atoms with Crippen molar-refractivity contribution in [1.29, 1.82) is 0 Å². The highest BCUT2D eigenvalue weighted by atomic mass is 16.4. The van der Waals surface area contributed by atoms with Gasteiger partial charge < -0.3 is 9.73 Å². The van der Waals surface area contributed by atoms with Crippen molar-refractivity contribution < 1.29 is 9.21 Å². The molecule has 128 valence electrons. The minimum absolute atomic E-state index is 0.0297. The summed E-state index contributed by atoms with van der Waals surface area (Å²) in [6, 6.07) is 3.74. The second-order valence-corrected chi connectivity index (χ2v) is 6.84. The molecule has 0 radical (unpaired) electrons. The summed E-state index contributed by atoms with van der Waals surface area (Å²) in [5.41, 5.74) is 2.36. The summed E-state index contributed by atoms with van der Waals surface area (Å²) in [5, 5.41) is 7.44. The maximum Gasteiger partial charge on any atom is 0.287 e. The Hall–Kier alpha value is -2.08. The molecule has 0 aromatic carbocycles. The van der Waals surface area contributed by atoms with Crippen LogP contribution in [-0.2, 0) is 20.0 Å². The van der Waals surface area contributed by atoms with Crippen molar-refractivity contribution in [2.45, 2.75) is 44.7 Å². The molecule has 0 spiro atoms. The van der Waals surface area contributed by atoms with Crippen LogP contribution in [0.4, 0.5) is 0 Å². The Morgan fingerprint density at radius 1 is 1.33 bits per heavy atom. The van der Waals surface area contributed by atoms with E-state index in [4.69, 9.17) is 4.42 Å². The number of amides is 1. The van der Waals surface area contributed by atoms with Gasteiger partial charge in [-0.15, -0.1) is 0 Å². The summed E-state index contributed by atoms with van der Waals surface area (Å²) in [6.45, 7) is 3.03. The van der Waals surface area contributed by atoms with Crippen LogP contribution in [0.5, 0.6) is 0 Å². The third-order valence-electron chi connectivity index (χ3n) is 5.14. The molecule has 1 saturated heterocycles. The summed E-state index contributed by atoms with van der Waals surface area (Å²) in [5.74, 6) is 1.14. The molecule has 2 aromatic rings. The van der Waals surface area contributed by atoms with Gasteiger partial charge in [-0.3, -0.25) is 14.4 Å². The molecule has 6 heteroatoms. The topological polar surface area (TPSA) is 63.3 Å². The SMILES string of the molecule is Cn1ncc2c1CCCC2NC(=O)c1ccc(CN2CCCC2)o1. The number of aryl methyl sites for hydroxylation is 1. The van der Waals surface area contributed by atoms with Crippen LogP contribution < -0.4 is 5.32 Å². The van der Waals surface area contributed by atoms with E-state index in [0.717, 1.165) is 50.2 Å². The lowest BCUT2D eigenvalue weighted by Crippen LogP contribution is -2.30. The molecule has 1 atom stereocenters. The first-order valence-electron chi connectivity index (χ1n) is 8.83. The first-order valence-corrected chi connectivity index (χ1v) is 8.83. The van der Waals surface area contributed by atoms with Gasteiger partial charge in [0.25, 0.3) is 5.91 Å². The number of nitrogens with zero attached hydrogens (tertiary/aromatic N) is 3. The molecular weight excluding hydrogens is 304 g/mol. The van der Waals surface area contributed by atoms with E-state index in [9.17, 15) is 4.79 Å². The molecule has 0 saturated carbocycles. The van der Waals surface area contributed by atoms with E-state index in [1.807, 2.05) is 24.0 Å². The molecule has 1 amide bonds. The van der Waals surface area contributed by atoms with Crippen LogP contribution in [0.1, 0.15) is 59.3 Å². The zero-order valence-electron chi connectivity index (χ0n) is 14.1. The largest absolute Gasteiger partial charge is 0.455 e. The summed E-state index contributed by atoms with van der Waals surface area (Å²) >= 11 is 0. The molecule has 3 heterocycles. The number of rotatable bonds is 4. The molecule has 1 N–H and O–H groups in total. The molecule has 1 aliphatic heterocycles. The summed E-state index contributed by atoms with van der Waals surface area (Å²) in [6.07, 6.45) is 7.42. The number of nitrogens with one attached hydrogen (secondary N) is 1. The van der Waals surface area contributed by atoms with Crippen molar-refractivity contribution in [3.05, 3.63) is 41.1 Å². The van der Waals surface area contributed by atoms with Crippen molar-refractivity contribution in [3.63, 3.8) is 0 Å². The Kier molecular flexibility index (Phi) is 4.14. The van der Waals surface area contributed by atoms with E-state index in [-0.39, 0.29) is 11.9 Å². The molecule has 0 bridgehead atoms. The van der Waals surface area contributed by atoms with Crippen LogP contribution in [0, 0.1) is 0 Å². The number of furan rings is 1. The molecule has 1 unspecified atom stereocenters. The average Bonchev–Trinajstić information content (AvgIpc) is 3.31. The van der Waals surface area contributed by atoms with E-state index in [2.05, 4.69) is 15.3 Å². The van der Waals surface area contributed by atoms with E-state index in [1.54, 1.807) is 6.07 Å². The fourth-order valence-corrected chi connectivity index (χ4v) is 3.83. The normalized spacial score (nSPS) is 21.0. The Bertz CT molecular complexity index is 727. The number of aromatic nitrogens is 2. The molecule has 4 rings (SSSR count). The molecule has 1 aliphatic carbocycles. The van der Waals surface area contributed by atoms with Gasteiger partial charge in [0.1, 0.15) is 5.76 Å². The van der Waals surface area contributed by atoms with Gasteiger partial charge in [0.2, 0.25) is 0 Å². The fraction of sp³-hybridized carbons (Fsp3) is 0.556. The predicted octanol–water partition coefficient (Wildman–Crippen LogP) is 2.42. The van der Waals surface area contributed by atoms with Crippen molar-refractivity contribution in [2.75, 3.05) is 13.1 Å². The Morgan fingerprint density at radius 3 is 3.00 bits per heavy atom. The van der Waals surface area contributed by atoms with Crippen LogP contribution in [0.3, 0.4) is 0 Å². The quantitative estimate of drug-likeness (QED) is 0.936. The van der Waals surface area contributed by atoms with Crippen LogP contribution >= 0.6 is 0 Å². The average molecular weight is 328 g/mol. The molecule has 2 aliphatic rings. The van der Waals surface area contributed by atoms with Crippen LogP contribution in [0.25, 0.3) is 0 Å². The number of fused-ring (bicyclic) bond motifs is 1. The van der Waals surface area contributed by atoms with Gasteiger partial charge in [-0.1, -0.05) is 0 Å². The maximum atomic E-state index is 12.5. The minimum atomic E-state index is -0.135. The Morgan fingerprint density at radius 2 is 2.17 bits per heavy atom. The van der Waals surface area contributed by atoms with Gasteiger partial charge in [-0.25, -0.2) is 0 Å². The molecule has 6 nitrogen and oxygen atoms in total. The van der Waals surface area contributed by atoms with Gasteiger partial charge in [-0.2, -0.15) is 5.10 Å². The molecular formula is C18H24N4O2. The third kappa shape index (κ3) is 2.98. The molecule has 24 heavy (non-hydrogen) atoms. The second kappa shape index (κ2) is 6.43. The summed E-state index contributed by atoms with van der Waals surface area (Å²) in [7, 11) is 1.96. The standard InChI is InChI=1S/C18H24N4O2/c1-21-16-6-4-5-15(14(16)11-19-21)20-18(23)17-8-7-13(24-17)12-22-9-2-3-10-22/h7-8,11,15H,2-6,9-10,12H2,1H3,(H,20,23). The Labute approximate surface area is 141 Å². The van der Waals surface area contributed by atoms with E-state index in [0.29, 0.717) is 5.76 Å². The lowest BCUT2D eigenvalue weighted by molar-refractivity contribution is 0.0901. The smallest absolute Gasteiger partial charge is 0.287 e. The number of carbonyl (C=O) groups is 1. The van der Waals surface area contributed by atoms with Gasteiger partial charge in [0.05, 0.1) is 18.8 Å². The number of likely N-dealkylation sites (tertiary alicyclic amines) is 1. The predicted molar refractivity (Wildman–Crippen MR) is 89.6 cm³/mol. The van der Waals surface area contributed by atoms with Crippen LogP contribution in [0.2, 0.25) is 0 Å². The van der Waals surface area contributed by atoms with Gasteiger partial charge in [0.15, 0.2) is 5.76 Å². The monoisotopic (exact) mass is 328 g/mol. The van der Waals surface area contributed by atoms with Crippen molar-refractivity contribution in [3.8, 4) is 0 Å².